The third-order valence-corrected chi connectivity index (χ3v) is 5.30. The van der Waals surface area contributed by atoms with Crippen molar-refractivity contribution in [2.45, 2.75) is 19.8 Å². The molecule has 1 fully saturated rings. The van der Waals surface area contributed by atoms with E-state index in [-0.39, 0.29) is 24.2 Å². The number of carbonyl (C=O) groups is 2. The van der Waals surface area contributed by atoms with Gasteiger partial charge in [0, 0.05) is 25.2 Å². The maximum absolute atomic E-state index is 12.7. The Balaban J connectivity index is 1.37. The first-order chi connectivity index (χ1) is 14.0. The SMILES string of the molecule is COc1ccccc1CCN1CC(C(=O)Nc2ccc3nc(C)[nH]c3c2)CC1=O. The molecule has 1 aromatic heterocycles. The van der Waals surface area contributed by atoms with E-state index < -0.39 is 0 Å². The molecule has 2 heterocycles. The Kier molecular flexibility index (Phi) is 5.20. The zero-order valence-electron chi connectivity index (χ0n) is 16.6. The Labute approximate surface area is 169 Å². The number of anilines is 1. The molecule has 2 amide bonds. The van der Waals surface area contributed by atoms with Crippen LogP contribution in [-0.2, 0) is 16.0 Å². The van der Waals surface area contributed by atoms with E-state index in [0.717, 1.165) is 28.2 Å². The molecule has 1 saturated heterocycles. The second kappa shape index (κ2) is 7.95. The number of amides is 2. The molecule has 29 heavy (non-hydrogen) atoms. The van der Waals surface area contributed by atoms with Gasteiger partial charge in [-0.2, -0.15) is 0 Å². The summed E-state index contributed by atoms with van der Waals surface area (Å²) in [5.41, 5.74) is 3.49. The maximum Gasteiger partial charge on any atom is 0.229 e. The normalized spacial score (nSPS) is 16.4. The third-order valence-electron chi connectivity index (χ3n) is 5.30. The minimum Gasteiger partial charge on any atom is -0.496 e. The second-order valence-corrected chi connectivity index (χ2v) is 7.35. The van der Waals surface area contributed by atoms with Crippen LogP contribution in [-0.4, -0.2) is 46.9 Å². The number of fused-ring (bicyclic) bond motifs is 1. The molecule has 0 aliphatic carbocycles. The van der Waals surface area contributed by atoms with Gasteiger partial charge in [-0.25, -0.2) is 4.98 Å². The lowest BCUT2D eigenvalue weighted by atomic mass is 10.1. The van der Waals surface area contributed by atoms with Crippen molar-refractivity contribution in [3.8, 4) is 5.75 Å². The van der Waals surface area contributed by atoms with E-state index in [0.29, 0.717) is 25.2 Å². The number of imidazole rings is 1. The van der Waals surface area contributed by atoms with Crippen LogP contribution in [0, 0.1) is 12.8 Å². The van der Waals surface area contributed by atoms with Crippen LogP contribution < -0.4 is 10.1 Å². The van der Waals surface area contributed by atoms with Gasteiger partial charge in [0.25, 0.3) is 0 Å². The van der Waals surface area contributed by atoms with Crippen molar-refractivity contribution in [2.75, 3.05) is 25.5 Å². The first-order valence-electron chi connectivity index (χ1n) is 9.70. The molecule has 1 atom stereocenters. The zero-order valence-corrected chi connectivity index (χ0v) is 16.6. The second-order valence-electron chi connectivity index (χ2n) is 7.35. The summed E-state index contributed by atoms with van der Waals surface area (Å²) in [6.07, 6.45) is 0.934. The molecule has 1 unspecified atom stereocenters. The molecule has 7 heteroatoms. The van der Waals surface area contributed by atoms with Crippen LogP contribution in [0.15, 0.2) is 42.5 Å². The molecule has 7 nitrogen and oxygen atoms in total. The van der Waals surface area contributed by atoms with E-state index in [9.17, 15) is 9.59 Å². The molecule has 3 aromatic rings. The number of likely N-dealkylation sites (tertiary alicyclic amines) is 1. The molecule has 1 aliphatic heterocycles. The highest BCUT2D eigenvalue weighted by Crippen LogP contribution is 2.24. The topological polar surface area (TPSA) is 87.3 Å². The number of hydrogen-bond donors (Lipinski definition) is 2. The van der Waals surface area contributed by atoms with Crippen molar-refractivity contribution in [1.82, 2.24) is 14.9 Å². The molecule has 0 radical (unpaired) electrons. The van der Waals surface area contributed by atoms with Gasteiger partial charge in [-0.3, -0.25) is 9.59 Å². The largest absolute Gasteiger partial charge is 0.496 e. The van der Waals surface area contributed by atoms with E-state index in [4.69, 9.17) is 4.74 Å². The Hall–Kier alpha value is -3.35. The summed E-state index contributed by atoms with van der Waals surface area (Å²) in [6, 6.07) is 13.4. The summed E-state index contributed by atoms with van der Waals surface area (Å²) in [5.74, 6) is 1.18. The molecule has 0 bridgehead atoms. The smallest absolute Gasteiger partial charge is 0.229 e. The lowest BCUT2D eigenvalue weighted by Crippen LogP contribution is -2.30. The molecule has 1 aliphatic rings. The number of aryl methyl sites for hydroxylation is 1. The molecule has 2 N–H and O–H groups in total. The standard InChI is InChI=1S/C22H24N4O3/c1-14-23-18-8-7-17(12-19(18)24-14)25-22(28)16-11-21(27)26(13-16)10-9-15-5-3-4-6-20(15)29-2/h3-8,12,16H,9-11,13H2,1-2H3,(H,23,24)(H,25,28). The Morgan fingerprint density at radius 2 is 2.14 bits per heavy atom. The van der Waals surface area contributed by atoms with Gasteiger partial charge in [-0.1, -0.05) is 18.2 Å². The molecule has 0 saturated carbocycles. The monoisotopic (exact) mass is 392 g/mol. The minimum absolute atomic E-state index is 0.0136. The van der Waals surface area contributed by atoms with Gasteiger partial charge < -0.3 is 19.9 Å². The molecule has 4 rings (SSSR count). The lowest BCUT2D eigenvalue weighted by Gasteiger charge is -2.17. The van der Waals surface area contributed by atoms with E-state index in [1.807, 2.05) is 49.4 Å². The Morgan fingerprint density at radius 1 is 1.31 bits per heavy atom. The Morgan fingerprint density at radius 3 is 2.97 bits per heavy atom. The number of nitrogens with zero attached hydrogens (tertiary/aromatic N) is 2. The van der Waals surface area contributed by atoms with Crippen LogP contribution in [0.3, 0.4) is 0 Å². The first-order valence-corrected chi connectivity index (χ1v) is 9.70. The van der Waals surface area contributed by atoms with Crippen molar-refractivity contribution < 1.29 is 14.3 Å². The van der Waals surface area contributed by atoms with Crippen LogP contribution in [0.25, 0.3) is 11.0 Å². The van der Waals surface area contributed by atoms with Gasteiger partial charge >= 0.3 is 0 Å². The fourth-order valence-corrected chi connectivity index (χ4v) is 3.79. The van der Waals surface area contributed by atoms with Gasteiger partial charge in [0.1, 0.15) is 11.6 Å². The van der Waals surface area contributed by atoms with Crippen LogP contribution in [0.4, 0.5) is 5.69 Å². The predicted molar refractivity (Wildman–Crippen MR) is 111 cm³/mol. The summed E-state index contributed by atoms with van der Waals surface area (Å²) in [5, 5.41) is 2.93. The van der Waals surface area contributed by atoms with E-state index in [2.05, 4.69) is 15.3 Å². The van der Waals surface area contributed by atoms with E-state index >= 15 is 0 Å². The Bertz CT molecular complexity index is 1060. The fourth-order valence-electron chi connectivity index (χ4n) is 3.79. The molecular weight excluding hydrogens is 368 g/mol. The third kappa shape index (κ3) is 4.08. The van der Waals surface area contributed by atoms with E-state index in [1.54, 1.807) is 12.0 Å². The maximum atomic E-state index is 12.7. The van der Waals surface area contributed by atoms with Crippen LogP contribution in [0.5, 0.6) is 5.75 Å². The number of benzene rings is 2. The first kappa shape index (κ1) is 19.0. The van der Waals surface area contributed by atoms with Crippen molar-refractivity contribution in [3.05, 3.63) is 53.9 Å². The summed E-state index contributed by atoms with van der Waals surface area (Å²) >= 11 is 0. The van der Waals surface area contributed by atoms with Crippen LogP contribution in [0.2, 0.25) is 0 Å². The van der Waals surface area contributed by atoms with Crippen molar-refractivity contribution in [1.29, 1.82) is 0 Å². The molecule has 0 spiro atoms. The van der Waals surface area contributed by atoms with Gasteiger partial charge in [0.15, 0.2) is 0 Å². The van der Waals surface area contributed by atoms with Crippen LogP contribution >= 0.6 is 0 Å². The number of hydrogen-bond acceptors (Lipinski definition) is 4. The van der Waals surface area contributed by atoms with Gasteiger partial charge in [-0.15, -0.1) is 0 Å². The van der Waals surface area contributed by atoms with Gasteiger partial charge in [0.05, 0.1) is 24.1 Å². The highest BCUT2D eigenvalue weighted by Gasteiger charge is 2.34. The van der Waals surface area contributed by atoms with Crippen LogP contribution in [0.1, 0.15) is 17.8 Å². The van der Waals surface area contributed by atoms with Crippen molar-refractivity contribution in [2.24, 2.45) is 5.92 Å². The van der Waals surface area contributed by atoms with Crippen molar-refractivity contribution >= 4 is 28.5 Å². The number of ether oxygens (including phenoxy) is 1. The average molecular weight is 392 g/mol. The predicted octanol–water partition coefficient (Wildman–Crippen LogP) is 2.91. The molecule has 2 aromatic carbocycles. The number of carbonyl (C=O) groups excluding carboxylic acids is 2. The van der Waals surface area contributed by atoms with Gasteiger partial charge in [0.2, 0.25) is 11.8 Å². The number of aromatic nitrogens is 2. The minimum atomic E-state index is -0.348. The summed E-state index contributed by atoms with van der Waals surface area (Å²) in [7, 11) is 1.64. The zero-order chi connectivity index (χ0) is 20.4. The number of para-hydroxylation sites is 1. The number of rotatable bonds is 6. The number of H-pyrrole nitrogens is 1. The molecule has 150 valence electrons. The van der Waals surface area contributed by atoms with Crippen molar-refractivity contribution in [3.63, 3.8) is 0 Å². The fraction of sp³-hybridized carbons (Fsp3) is 0.318. The summed E-state index contributed by atoms with van der Waals surface area (Å²) in [4.78, 5) is 34.4. The summed E-state index contributed by atoms with van der Waals surface area (Å²) in [6.45, 7) is 2.90. The van der Waals surface area contributed by atoms with Gasteiger partial charge in [-0.05, 0) is 43.2 Å². The highest BCUT2D eigenvalue weighted by atomic mass is 16.5. The number of aromatic amines is 1. The number of nitrogens with one attached hydrogen (secondary N) is 2. The average Bonchev–Trinajstić information content (AvgIpc) is 3.27. The summed E-state index contributed by atoms with van der Waals surface area (Å²) < 4.78 is 5.37. The lowest BCUT2D eigenvalue weighted by molar-refractivity contribution is -0.128. The highest BCUT2D eigenvalue weighted by molar-refractivity contribution is 5.98. The quantitative estimate of drug-likeness (QED) is 0.675. The molecular formula is C22H24N4O3. The number of methoxy groups -OCH3 is 1. The van der Waals surface area contributed by atoms with E-state index in [1.165, 1.54) is 0 Å².